The third-order valence-corrected chi connectivity index (χ3v) is 3.15. The highest BCUT2D eigenvalue weighted by atomic mass is 35.5. The zero-order valence-electron chi connectivity index (χ0n) is 9.72. The fourth-order valence-electron chi connectivity index (χ4n) is 2.10. The molecule has 3 aromatic rings. The Balaban J connectivity index is 2.33. The summed E-state index contributed by atoms with van der Waals surface area (Å²) in [5.41, 5.74) is 2.29. The van der Waals surface area contributed by atoms with Gasteiger partial charge in [0.15, 0.2) is 0 Å². The highest BCUT2D eigenvalue weighted by Crippen LogP contribution is 2.30. The number of halogens is 1. The molecule has 0 saturated carbocycles. The van der Waals surface area contributed by atoms with Crippen molar-refractivity contribution >= 4 is 28.5 Å². The van der Waals surface area contributed by atoms with Crippen molar-refractivity contribution in [3.05, 3.63) is 53.1 Å². The molecule has 0 fully saturated rings. The second-order valence-corrected chi connectivity index (χ2v) is 4.55. The van der Waals surface area contributed by atoms with Gasteiger partial charge >= 0.3 is 5.97 Å². The summed E-state index contributed by atoms with van der Waals surface area (Å²) in [6.45, 7) is 0. The Hall–Kier alpha value is -2.33. The van der Waals surface area contributed by atoms with Crippen LogP contribution in [0.15, 0.2) is 42.5 Å². The van der Waals surface area contributed by atoms with E-state index in [1.54, 1.807) is 30.3 Å². The van der Waals surface area contributed by atoms with E-state index in [-0.39, 0.29) is 5.56 Å². The minimum atomic E-state index is -0.977. The number of carboxylic acid groups (broad SMARTS) is 1. The second kappa shape index (κ2) is 4.40. The summed E-state index contributed by atoms with van der Waals surface area (Å²) >= 11 is 5.96. The smallest absolute Gasteiger partial charge is 0.336 e. The fourth-order valence-corrected chi connectivity index (χ4v) is 2.29. The van der Waals surface area contributed by atoms with Gasteiger partial charge in [-0.1, -0.05) is 29.8 Å². The number of benzene rings is 2. The van der Waals surface area contributed by atoms with Crippen molar-refractivity contribution in [3.8, 4) is 11.3 Å². The van der Waals surface area contributed by atoms with Crippen molar-refractivity contribution in [1.82, 2.24) is 10.2 Å². The van der Waals surface area contributed by atoms with Crippen molar-refractivity contribution in [2.24, 2.45) is 0 Å². The van der Waals surface area contributed by atoms with Gasteiger partial charge in [0.1, 0.15) is 5.69 Å². The Morgan fingerprint density at radius 1 is 1.21 bits per heavy atom. The molecule has 0 unspecified atom stereocenters. The van der Waals surface area contributed by atoms with E-state index >= 15 is 0 Å². The molecule has 0 aliphatic rings. The first-order valence-electron chi connectivity index (χ1n) is 5.63. The first kappa shape index (κ1) is 11.7. The van der Waals surface area contributed by atoms with Crippen molar-refractivity contribution in [2.75, 3.05) is 0 Å². The lowest BCUT2D eigenvalue weighted by Crippen LogP contribution is -1.97. The highest BCUT2D eigenvalue weighted by Gasteiger charge is 2.16. The highest BCUT2D eigenvalue weighted by molar-refractivity contribution is 6.30. The van der Waals surface area contributed by atoms with Crippen molar-refractivity contribution in [3.63, 3.8) is 0 Å². The van der Waals surface area contributed by atoms with Gasteiger partial charge in [-0.15, -0.1) is 0 Å². The molecule has 0 atom stereocenters. The first-order valence-corrected chi connectivity index (χ1v) is 6.01. The fraction of sp³-hybridized carbons (Fsp3) is 0. The van der Waals surface area contributed by atoms with Crippen LogP contribution >= 0.6 is 11.6 Å². The lowest BCUT2D eigenvalue weighted by Gasteiger charge is -2.01. The van der Waals surface area contributed by atoms with Gasteiger partial charge in [-0.05, 0) is 24.3 Å². The van der Waals surface area contributed by atoms with Gasteiger partial charge in [-0.3, -0.25) is 5.10 Å². The zero-order valence-corrected chi connectivity index (χ0v) is 10.5. The maximum Gasteiger partial charge on any atom is 0.336 e. The van der Waals surface area contributed by atoms with Gasteiger partial charge < -0.3 is 5.11 Å². The van der Waals surface area contributed by atoms with Gasteiger partial charge in [0.05, 0.1) is 11.1 Å². The monoisotopic (exact) mass is 272 g/mol. The van der Waals surface area contributed by atoms with Gasteiger partial charge in [0.2, 0.25) is 0 Å². The third kappa shape index (κ3) is 1.96. The minimum absolute atomic E-state index is 0.223. The van der Waals surface area contributed by atoms with Gasteiger partial charge in [-0.25, -0.2) is 4.79 Å². The molecule has 0 amide bonds. The average molecular weight is 273 g/mol. The average Bonchev–Trinajstić information content (AvgIpc) is 2.82. The number of carboxylic acids is 1. The summed E-state index contributed by atoms with van der Waals surface area (Å²) < 4.78 is 0. The number of rotatable bonds is 2. The number of hydrogen-bond acceptors (Lipinski definition) is 2. The normalized spacial score (nSPS) is 10.8. The van der Waals surface area contributed by atoms with Crippen LogP contribution in [0.1, 0.15) is 10.4 Å². The van der Waals surface area contributed by atoms with E-state index in [1.165, 1.54) is 0 Å². The van der Waals surface area contributed by atoms with E-state index in [0.717, 1.165) is 5.56 Å². The number of carbonyl (C=O) groups is 1. The molecule has 3 rings (SSSR count). The van der Waals surface area contributed by atoms with Crippen LogP contribution in [0.3, 0.4) is 0 Å². The minimum Gasteiger partial charge on any atom is -0.478 e. The van der Waals surface area contributed by atoms with E-state index in [0.29, 0.717) is 21.6 Å². The molecule has 19 heavy (non-hydrogen) atoms. The zero-order chi connectivity index (χ0) is 13.4. The van der Waals surface area contributed by atoms with Crippen LogP contribution in [-0.4, -0.2) is 21.3 Å². The molecule has 4 nitrogen and oxygen atoms in total. The molecule has 0 spiro atoms. The van der Waals surface area contributed by atoms with Crippen LogP contribution in [0, 0.1) is 0 Å². The molecule has 0 bridgehead atoms. The van der Waals surface area contributed by atoms with E-state index in [1.807, 2.05) is 12.1 Å². The number of fused-ring (bicyclic) bond motifs is 1. The van der Waals surface area contributed by atoms with E-state index in [9.17, 15) is 9.90 Å². The molecular formula is C14H9ClN2O2. The largest absolute Gasteiger partial charge is 0.478 e. The van der Waals surface area contributed by atoms with Crippen LogP contribution in [0.2, 0.25) is 5.02 Å². The summed E-state index contributed by atoms with van der Waals surface area (Å²) in [6, 6.07) is 12.2. The molecule has 1 aromatic heterocycles. The predicted molar refractivity (Wildman–Crippen MR) is 73.5 cm³/mol. The Bertz CT molecular complexity index is 780. The van der Waals surface area contributed by atoms with Crippen molar-refractivity contribution in [1.29, 1.82) is 0 Å². The number of hydrogen-bond donors (Lipinski definition) is 2. The lowest BCUT2D eigenvalue weighted by atomic mass is 10.0. The maximum absolute atomic E-state index is 11.3. The summed E-state index contributed by atoms with van der Waals surface area (Å²) in [7, 11) is 0. The molecule has 94 valence electrons. The van der Waals surface area contributed by atoms with Gasteiger partial charge in [0, 0.05) is 16.0 Å². The van der Waals surface area contributed by atoms with E-state index < -0.39 is 5.97 Å². The molecule has 2 aromatic carbocycles. The number of H-pyrrole nitrogens is 1. The molecule has 0 aliphatic heterocycles. The SMILES string of the molecule is O=C(O)c1cccc2[nH]nc(-c3cccc(Cl)c3)c12. The van der Waals surface area contributed by atoms with Gasteiger partial charge in [0.25, 0.3) is 0 Å². The Labute approximate surface area is 113 Å². The first-order chi connectivity index (χ1) is 9.16. The quantitative estimate of drug-likeness (QED) is 0.749. The molecule has 5 heteroatoms. The molecule has 0 saturated heterocycles. The van der Waals surface area contributed by atoms with Crippen molar-refractivity contribution in [2.45, 2.75) is 0 Å². The maximum atomic E-state index is 11.3. The number of aromatic amines is 1. The number of aromatic carboxylic acids is 1. The Kier molecular flexibility index (Phi) is 2.72. The predicted octanol–water partition coefficient (Wildman–Crippen LogP) is 3.58. The number of nitrogens with one attached hydrogen (secondary N) is 1. The summed E-state index contributed by atoms with van der Waals surface area (Å²) in [5, 5.41) is 17.5. The second-order valence-electron chi connectivity index (χ2n) is 4.12. The standard InChI is InChI=1S/C14H9ClN2O2/c15-9-4-1-3-8(7-9)13-12-10(14(18)19)5-2-6-11(12)16-17-13/h1-7H,(H,16,17)(H,18,19). The lowest BCUT2D eigenvalue weighted by molar-refractivity contribution is 0.0699. The van der Waals surface area contributed by atoms with Crippen LogP contribution in [0.25, 0.3) is 22.2 Å². The topological polar surface area (TPSA) is 66.0 Å². The summed E-state index contributed by atoms with van der Waals surface area (Å²) in [4.78, 5) is 11.3. The number of aromatic nitrogens is 2. The molecule has 0 radical (unpaired) electrons. The summed E-state index contributed by atoms with van der Waals surface area (Å²) in [5.74, 6) is -0.977. The third-order valence-electron chi connectivity index (χ3n) is 2.92. The molecular weight excluding hydrogens is 264 g/mol. The Morgan fingerprint density at radius 3 is 2.74 bits per heavy atom. The van der Waals surface area contributed by atoms with Crippen LogP contribution in [0.4, 0.5) is 0 Å². The van der Waals surface area contributed by atoms with Crippen LogP contribution in [0.5, 0.6) is 0 Å². The molecule has 0 aliphatic carbocycles. The van der Waals surface area contributed by atoms with E-state index in [4.69, 9.17) is 11.6 Å². The molecule has 1 heterocycles. The van der Waals surface area contributed by atoms with Gasteiger partial charge in [-0.2, -0.15) is 5.10 Å². The number of nitrogens with zero attached hydrogens (tertiary/aromatic N) is 1. The molecule has 2 N–H and O–H groups in total. The summed E-state index contributed by atoms with van der Waals surface area (Å²) in [6.07, 6.45) is 0. The van der Waals surface area contributed by atoms with Crippen molar-refractivity contribution < 1.29 is 9.90 Å². The Morgan fingerprint density at radius 2 is 2.00 bits per heavy atom. The van der Waals surface area contributed by atoms with Crippen LogP contribution < -0.4 is 0 Å². The van der Waals surface area contributed by atoms with Crippen LogP contribution in [-0.2, 0) is 0 Å². The van der Waals surface area contributed by atoms with E-state index in [2.05, 4.69) is 10.2 Å².